The van der Waals surface area contributed by atoms with Crippen LogP contribution in [-0.4, -0.2) is 41.2 Å². The molecule has 124 valence electrons. The normalized spacial score (nSPS) is 27.9. The molecule has 1 saturated heterocycles. The first-order valence-electron chi connectivity index (χ1n) is 8.68. The number of hydrogen-bond acceptors (Lipinski definition) is 4. The zero-order valence-corrected chi connectivity index (χ0v) is 13.5. The Labute approximate surface area is 137 Å². The minimum Gasteiger partial charge on any atom is -0.388 e. The number of hydrogen-bond donors (Lipinski definition) is 1. The van der Waals surface area contributed by atoms with Crippen LogP contribution in [0.5, 0.6) is 0 Å². The molecule has 1 N–H and O–H groups in total. The van der Waals surface area contributed by atoms with Crippen LogP contribution in [0.4, 0.5) is 0 Å². The number of aliphatic hydroxyl groups is 1. The average molecular weight is 315 g/mol. The second-order valence-corrected chi connectivity index (χ2v) is 6.78. The van der Waals surface area contributed by atoms with Crippen LogP contribution >= 0.6 is 0 Å². The van der Waals surface area contributed by atoms with Gasteiger partial charge in [0.1, 0.15) is 5.78 Å². The molecule has 2 aliphatic rings. The van der Waals surface area contributed by atoms with Crippen molar-refractivity contribution in [3.8, 4) is 0 Å². The van der Waals surface area contributed by atoms with Crippen LogP contribution in [0.25, 0.3) is 0 Å². The monoisotopic (exact) mass is 315 g/mol. The van der Waals surface area contributed by atoms with E-state index in [0.29, 0.717) is 19.4 Å². The summed E-state index contributed by atoms with van der Waals surface area (Å²) in [7, 11) is 0. The largest absolute Gasteiger partial charge is 0.388 e. The smallest absolute Gasteiger partial charge is 0.150 e. The van der Waals surface area contributed by atoms with Crippen LogP contribution in [0.1, 0.15) is 43.8 Å². The maximum Gasteiger partial charge on any atom is 0.150 e. The van der Waals surface area contributed by atoms with Gasteiger partial charge >= 0.3 is 0 Å². The van der Waals surface area contributed by atoms with E-state index in [9.17, 15) is 14.7 Å². The molecule has 3 unspecified atom stereocenters. The Balaban J connectivity index is 1.70. The molecule has 1 aromatic carbocycles. The second kappa shape index (κ2) is 7.37. The van der Waals surface area contributed by atoms with Gasteiger partial charge in [0.15, 0.2) is 5.78 Å². The molecule has 1 aliphatic carbocycles. The molecule has 0 bridgehead atoms. The first-order chi connectivity index (χ1) is 11.2. The number of rotatable bonds is 4. The molecule has 1 heterocycles. The van der Waals surface area contributed by atoms with E-state index in [4.69, 9.17) is 0 Å². The SMILES string of the molecule is O=C1CCC(C(O)c2ccccc2)C(=O)C1CN1CCCCC1. The van der Waals surface area contributed by atoms with E-state index >= 15 is 0 Å². The lowest BCUT2D eigenvalue weighted by Crippen LogP contribution is -2.45. The minimum atomic E-state index is -0.805. The van der Waals surface area contributed by atoms with Gasteiger partial charge in [0, 0.05) is 18.9 Å². The molecule has 0 spiro atoms. The molecule has 3 rings (SSSR count). The van der Waals surface area contributed by atoms with Crippen molar-refractivity contribution in [3.05, 3.63) is 35.9 Å². The lowest BCUT2D eigenvalue weighted by atomic mass is 9.75. The highest BCUT2D eigenvalue weighted by atomic mass is 16.3. The summed E-state index contributed by atoms with van der Waals surface area (Å²) >= 11 is 0. The molecule has 0 radical (unpaired) electrons. The van der Waals surface area contributed by atoms with Gasteiger partial charge in [0.2, 0.25) is 0 Å². The van der Waals surface area contributed by atoms with Gasteiger partial charge in [-0.3, -0.25) is 9.59 Å². The number of Topliss-reactive ketones (excluding diaryl/α,β-unsaturated/α-hetero) is 2. The van der Waals surface area contributed by atoms with E-state index in [1.165, 1.54) is 6.42 Å². The Hall–Kier alpha value is -1.52. The number of benzene rings is 1. The fraction of sp³-hybridized carbons (Fsp3) is 0.579. The summed E-state index contributed by atoms with van der Waals surface area (Å²) < 4.78 is 0. The van der Waals surface area contributed by atoms with Crippen LogP contribution in [0.3, 0.4) is 0 Å². The number of nitrogens with zero attached hydrogens (tertiary/aromatic N) is 1. The number of carbonyl (C=O) groups excluding carboxylic acids is 2. The summed E-state index contributed by atoms with van der Waals surface area (Å²) in [6.07, 6.45) is 3.58. The lowest BCUT2D eigenvalue weighted by Gasteiger charge is -2.34. The predicted octanol–water partition coefficient (Wildman–Crippen LogP) is 2.37. The minimum absolute atomic E-state index is 0.0529. The van der Waals surface area contributed by atoms with E-state index in [2.05, 4.69) is 4.90 Å². The van der Waals surface area contributed by atoms with Crippen molar-refractivity contribution in [2.45, 2.75) is 38.2 Å². The molecule has 1 saturated carbocycles. The summed E-state index contributed by atoms with van der Waals surface area (Å²) in [5.41, 5.74) is 0.761. The third kappa shape index (κ3) is 3.70. The van der Waals surface area contributed by atoms with Crippen molar-refractivity contribution in [3.63, 3.8) is 0 Å². The van der Waals surface area contributed by atoms with Gasteiger partial charge < -0.3 is 10.0 Å². The van der Waals surface area contributed by atoms with Crippen molar-refractivity contribution in [2.24, 2.45) is 11.8 Å². The van der Waals surface area contributed by atoms with Crippen molar-refractivity contribution >= 4 is 11.6 Å². The van der Waals surface area contributed by atoms with Gasteiger partial charge in [-0.05, 0) is 37.9 Å². The summed E-state index contributed by atoms with van der Waals surface area (Å²) in [4.78, 5) is 27.3. The highest BCUT2D eigenvalue weighted by Gasteiger charge is 2.41. The molecular weight excluding hydrogens is 290 g/mol. The topological polar surface area (TPSA) is 57.6 Å². The van der Waals surface area contributed by atoms with Crippen molar-refractivity contribution in [1.29, 1.82) is 0 Å². The second-order valence-electron chi connectivity index (χ2n) is 6.78. The van der Waals surface area contributed by atoms with E-state index < -0.39 is 17.9 Å². The van der Waals surface area contributed by atoms with Gasteiger partial charge in [-0.15, -0.1) is 0 Å². The Kier molecular flexibility index (Phi) is 5.23. The van der Waals surface area contributed by atoms with Crippen LogP contribution in [0, 0.1) is 11.8 Å². The van der Waals surface area contributed by atoms with Gasteiger partial charge in [-0.25, -0.2) is 0 Å². The van der Waals surface area contributed by atoms with Gasteiger partial charge in [-0.2, -0.15) is 0 Å². The highest BCUT2D eigenvalue weighted by molar-refractivity contribution is 6.06. The molecule has 1 aromatic rings. The van der Waals surface area contributed by atoms with E-state index in [-0.39, 0.29) is 11.6 Å². The molecule has 3 atom stereocenters. The first-order valence-corrected chi connectivity index (χ1v) is 8.68. The molecule has 4 nitrogen and oxygen atoms in total. The van der Waals surface area contributed by atoms with Crippen LogP contribution in [0.2, 0.25) is 0 Å². The van der Waals surface area contributed by atoms with Crippen molar-refractivity contribution in [2.75, 3.05) is 19.6 Å². The zero-order valence-electron chi connectivity index (χ0n) is 13.5. The fourth-order valence-electron chi connectivity index (χ4n) is 3.82. The number of aliphatic hydroxyl groups excluding tert-OH is 1. The zero-order chi connectivity index (χ0) is 16.2. The maximum absolute atomic E-state index is 12.8. The summed E-state index contributed by atoms with van der Waals surface area (Å²) in [5.74, 6) is -1.02. The van der Waals surface area contributed by atoms with Gasteiger partial charge in [0.25, 0.3) is 0 Å². The van der Waals surface area contributed by atoms with Crippen LogP contribution in [0.15, 0.2) is 30.3 Å². The molecule has 0 amide bonds. The van der Waals surface area contributed by atoms with Gasteiger partial charge in [-0.1, -0.05) is 36.8 Å². The molecule has 4 heteroatoms. The summed E-state index contributed by atoms with van der Waals surface area (Å²) in [6.45, 7) is 2.49. The fourth-order valence-corrected chi connectivity index (χ4v) is 3.82. The standard InChI is InChI=1S/C19H25NO3/c21-17-10-9-15(18(22)14-7-3-1-4-8-14)19(23)16(17)13-20-11-5-2-6-12-20/h1,3-4,7-8,15-16,18,22H,2,5-6,9-13H2. The Bertz CT molecular complexity index is 551. The van der Waals surface area contributed by atoms with E-state index in [1.54, 1.807) is 0 Å². The molecule has 2 fully saturated rings. The molecular formula is C19H25NO3. The highest BCUT2D eigenvalue weighted by Crippen LogP contribution is 2.33. The van der Waals surface area contributed by atoms with Crippen LogP contribution in [-0.2, 0) is 9.59 Å². The van der Waals surface area contributed by atoms with Crippen LogP contribution < -0.4 is 0 Å². The summed E-state index contributed by atoms with van der Waals surface area (Å²) in [6, 6.07) is 9.30. The molecule has 0 aromatic heterocycles. The number of piperidine rings is 1. The Morgan fingerprint density at radius 2 is 1.78 bits per heavy atom. The third-order valence-electron chi connectivity index (χ3n) is 5.21. The quantitative estimate of drug-likeness (QED) is 0.867. The average Bonchev–Trinajstić information content (AvgIpc) is 2.60. The Morgan fingerprint density at radius 1 is 1.09 bits per heavy atom. The molecule has 1 aliphatic heterocycles. The van der Waals surface area contributed by atoms with Crippen molar-refractivity contribution < 1.29 is 14.7 Å². The van der Waals surface area contributed by atoms with Crippen molar-refractivity contribution in [1.82, 2.24) is 4.90 Å². The van der Waals surface area contributed by atoms with E-state index in [0.717, 1.165) is 31.5 Å². The number of carbonyl (C=O) groups is 2. The predicted molar refractivity (Wildman–Crippen MR) is 87.9 cm³/mol. The number of likely N-dealkylation sites (tertiary alicyclic amines) is 1. The van der Waals surface area contributed by atoms with Gasteiger partial charge in [0.05, 0.1) is 12.0 Å². The van der Waals surface area contributed by atoms with E-state index in [1.807, 2.05) is 30.3 Å². The third-order valence-corrected chi connectivity index (χ3v) is 5.21. The number of ketones is 2. The lowest BCUT2D eigenvalue weighted by molar-refractivity contribution is -0.143. The first kappa shape index (κ1) is 16.3. The maximum atomic E-state index is 12.8. The summed E-state index contributed by atoms with van der Waals surface area (Å²) in [5, 5.41) is 10.6. The molecule has 23 heavy (non-hydrogen) atoms. The Morgan fingerprint density at radius 3 is 2.48 bits per heavy atom.